The van der Waals surface area contributed by atoms with Crippen molar-refractivity contribution in [1.29, 1.82) is 0 Å². The first-order valence-electron chi connectivity index (χ1n) is 6.99. The van der Waals surface area contributed by atoms with Crippen LogP contribution in [0, 0.1) is 5.82 Å². The molecule has 0 bridgehead atoms. The van der Waals surface area contributed by atoms with E-state index in [2.05, 4.69) is 5.32 Å². The lowest BCUT2D eigenvalue weighted by molar-refractivity contribution is 0.199. The topological polar surface area (TPSA) is 50.7 Å². The Morgan fingerprint density at radius 1 is 1.20 bits per heavy atom. The van der Waals surface area contributed by atoms with E-state index < -0.39 is 0 Å². The van der Waals surface area contributed by atoms with Crippen LogP contribution in [0.3, 0.4) is 0 Å². The molecule has 0 aliphatic rings. The Bertz CT molecular complexity index is 374. The number of hydrogen-bond acceptors (Lipinski definition) is 4. The molecule has 0 radical (unpaired) electrons. The van der Waals surface area contributed by atoms with Crippen molar-refractivity contribution in [2.45, 2.75) is 25.8 Å². The number of methoxy groups -OCH3 is 1. The molecule has 5 heteroatoms. The largest absolute Gasteiger partial charge is 0.493 e. The number of halogens is 1. The molecule has 2 N–H and O–H groups in total. The molecule has 0 aromatic heterocycles. The highest BCUT2D eigenvalue weighted by molar-refractivity contribution is 5.33. The SMILES string of the molecule is COCCNCc1cc(F)ccc1OCCCCCO. The maximum absolute atomic E-state index is 13.3. The van der Waals surface area contributed by atoms with E-state index in [1.165, 1.54) is 12.1 Å². The van der Waals surface area contributed by atoms with Crippen molar-refractivity contribution < 1.29 is 19.0 Å². The molecule has 0 spiro atoms. The van der Waals surface area contributed by atoms with Crippen LogP contribution in [0.15, 0.2) is 18.2 Å². The van der Waals surface area contributed by atoms with Gasteiger partial charge >= 0.3 is 0 Å². The molecule has 0 aliphatic carbocycles. The quantitative estimate of drug-likeness (QED) is 0.611. The van der Waals surface area contributed by atoms with Gasteiger partial charge in [-0.3, -0.25) is 0 Å². The lowest BCUT2D eigenvalue weighted by Gasteiger charge is -2.12. The van der Waals surface area contributed by atoms with Crippen LogP contribution in [-0.4, -0.2) is 38.6 Å². The Morgan fingerprint density at radius 3 is 2.80 bits per heavy atom. The van der Waals surface area contributed by atoms with E-state index in [1.807, 2.05) is 0 Å². The van der Waals surface area contributed by atoms with Gasteiger partial charge in [0.2, 0.25) is 0 Å². The third-order valence-electron chi connectivity index (χ3n) is 2.88. The van der Waals surface area contributed by atoms with Crippen molar-refractivity contribution >= 4 is 0 Å². The van der Waals surface area contributed by atoms with Crippen LogP contribution in [0.25, 0.3) is 0 Å². The van der Waals surface area contributed by atoms with Gasteiger partial charge in [-0.1, -0.05) is 0 Å². The van der Waals surface area contributed by atoms with E-state index >= 15 is 0 Å². The molecule has 0 fully saturated rings. The number of nitrogens with one attached hydrogen (secondary N) is 1. The van der Waals surface area contributed by atoms with Crippen molar-refractivity contribution in [3.63, 3.8) is 0 Å². The number of hydrogen-bond donors (Lipinski definition) is 2. The molecule has 0 unspecified atom stereocenters. The molecule has 0 amide bonds. The maximum Gasteiger partial charge on any atom is 0.123 e. The normalized spacial score (nSPS) is 10.8. The van der Waals surface area contributed by atoms with Gasteiger partial charge in [-0.15, -0.1) is 0 Å². The summed E-state index contributed by atoms with van der Waals surface area (Å²) in [4.78, 5) is 0. The Labute approximate surface area is 119 Å². The van der Waals surface area contributed by atoms with Crippen LogP contribution < -0.4 is 10.1 Å². The second kappa shape index (κ2) is 10.6. The molecule has 0 saturated heterocycles. The second-order valence-electron chi connectivity index (χ2n) is 4.55. The van der Waals surface area contributed by atoms with Crippen LogP contribution >= 0.6 is 0 Å². The van der Waals surface area contributed by atoms with E-state index in [9.17, 15) is 4.39 Å². The summed E-state index contributed by atoms with van der Waals surface area (Å²) in [5, 5.41) is 11.9. The van der Waals surface area contributed by atoms with E-state index in [4.69, 9.17) is 14.6 Å². The molecule has 4 nitrogen and oxygen atoms in total. The van der Waals surface area contributed by atoms with Crippen molar-refractivity contribution in [3.05, 3.63) is 29.6 Å². The summed E-state index contributed by atoms with van der Waals surface area (Å²) < 4.78 is 23.9. The molecule has 0 saturated carbocycles. The smallest absolute Gasteiger partial charge is 0.123 e. The molecule has 1 aromatic carbocycles. The minimum atomic E-state index is -0.263. The van der Waals surface area contributed by atoms with E-state index in [0.717, 1.165) is 24.8 Å². The predicted octanol–water partition coefficient (Wildman–Crippen LogP) is 2.10. The van der Waals surface area contributed by atoms with Gasteiger partial charge in [-0.05, 0) is 37.5 Å². The summed E-state index contributed by atoms with van der Waals surface area (Å²) in [7, 11) is 1.64. The fourth-order valence-electron chi connectivity index (χ4n) is 1.80. The number of unbranched alkanes of at least 4 members (excludes halogenated alkanes) is 2. The molecule has 1 aromatic rings. The molecule has 114 valence electrons. The zero-order valence-electron chi connectivity index (χ0n) is 12.0. The lowest BCUT2D eigenvalue weighted by Crippen LogP contribution is -2.19. The van der Waals surface area contributed by atoms with Crippen LogP contribution in [0.4, 0.5) is 4.39 Å². The molecular formula is C15H24FNO3. The zero-order chi connectivity index (χ0) is 14.6. The van der Waals surface area contributed by atoms with Crippen molar-refractivity contribution in [2.75, 3.05) is 33.5 Å². The van der Waals surface area contributed by atoms with E-state index in [1.54, 1.807) is 13.2 Å². The highest BCUT2D eigenvalue weighted by Gasteiger charge is 2.05. The fourth-order valence-corrected chi connectivity index (χ4v) is 1.80. The molecule has 1 rings (SSSR count). The highest BCUT2D eigenvalue weighted by Crippen LogP contribution is 2.20. The Morgan fingerprint density at radius 2 is 2.05 bits per heavy atom. The number of aliphatic hydroxyl groups excluding tert-OH is 1. The summed E-state index contributed by atoms with van der Waals surface area (Å²) in [5.74, 6) is 0.446. The predicted molar refractivity (Wildman–Crippen MR) is 76.4 cm³/mol. The highest BCUT2D eigenvalue weighted by atomic mass is 19.1. The standard InChI is InChI=1S/C15H24FNO3/c1-19-10-7-17-12-13-11-14(16)5-6-15(13)20-9-4-2-3-8-18/h5-6,11,17-18H,2-4,7-10,12H2,1H3. The second-order valence-corrected chi connectivity index (χ2v) is 4.55. The zero-order valence-corrected chi connectivity index (χ0v) is 12.0. The Hall–Kier alpha value is -1.17. The Kier molecular flexibility index (Phi) is 8.95. The monoisotopic (exact) mass is 285 g/mol. The third kappa shape index (κ3) is 6.84. The van der Waals surface area contributed by atoms with Gasteiger partial charge in [0.15, 0.2) is 0 Å². The molecule has 0 atom stereocenters. The molecule has 0 heterocycles. The van der Waals surface area contributed by atoms with Crippen molar-refractivity contribution in [1.82, 2.24) is 5.32 Å². The summed E-state index contributed by atoms with van der Waals surface area (Å²) in [6.45, 7) is 2.67. The average Bonchev–Trinajstić information content (AvgIpc) is 2.45. The van der Waals surface area contributed by atoms with E-state index in [-0.39, 0.29) is 12.4 Å². The molecule has 0 aliphatic heterocycles. The van der Waals surface area contributed by atoms with Crippen LogP contribution in [0.2, 0.25) is 0 Å². The number of aliphatic hydroxyl groups is 1. The summed E-state index contributed by atoms with van der Waals surface area (Å²) in [6.07, 6.45) is 2.60. The third-order valence-corrected chi connectivity index (χ3v) is 2.88. The molecular weight excluding hydrogens is 261 g/mol. The average molecular weight is 285 g/mol. The van der Waals surface area contributed by atoms with Gasteiger partial charge in [0, 0.05) is 32.4 Å². The van der Waals surface area contributed by atoms with Crippen molar-refractivity contribution in [2.24, 2.45) is 0 Å². The number of rotatable bonds is 11. The van der Waals surface area contributed by atoms with Crippen molar-refractivity contribution in [3.8, 4) is 5.75 Å². The number of ether oxygens (including phenoxy) is 2. The van der Waals surface area contributed by atoms with Crippen LogP contribution in [-0.2, 0) is 11.3 Å². The minimum Gasteiger partial charge on any atom is -0.493 e. The van der Waals surface area contributed by atoms with Gasteiger partial charge in [0.05, 0.1) is 13.2 Å². The first-order chi connectivity index (χ1) is 9.77. The van der Waals surface area contributed by atoms with E-state index in [0.29, 0.717) is 32.1 Å². The number of benzene rings is 1. The van der Waals surface area contributed by atoms with Crippen LogP contribution in [0.5, 0.6) is 5.75 Å². The lowest BCUT2D eigenvalue weighted by atomic mass is 10.2. The maximum atomic E-state index is 13.3. The van der Waals surface area contributed by atoms with Gasteiger partial charge < -0.3 is 19.9 Å². The summed E-state index contributed by atoms with van der Waals surface area (Å²) in [6, 6.07) is 4.55. The fraction of sp³-hybridized carbons (Fsp3) is 0.600. The molecule has 20 heavy (non-hydrogen) atoms. The minimum absolute atomic E-state index is 0.214. The van der Waals surface area contributed by atoms with Gasteiger partial charge in [-0.2, -0.15) is 0 Å². The van der Waals surface area contributed by atoms with Crippen LogP contribution in [0.1, 0.15) is 24.8 Å². The summed E-state index contributed by atoms with van der Waals surface area (Å²) in [5.41, 5.74) is 0.809. The first kappa shape index (κ1) is 16.9. The van der Waals surface area contributed by atoms with Gasteiger partial charge in [0.25, 0.3) is 0 Å². The van der Waals surface area contributed by atoms with Gasteiger partial charge in [-0.25, -0.2) is 4.39 Å². The summed E-state index contributed by atoms with van der Waals surface area (Å²) >= 11 is 0. The Balaban J connectivity index is 2.42. The van der Waals surface area contributed by atoms with Gasteiger partial charge in [0.1, 0.15) is 11.6 Å². The first-order valence-corrected chi connectivity index (χ1v) is 6.99.